The Morgan fingerprint density at radius 2 is 2.08 bits per heavy atom. The highest BCUT2D eigenvalue weighted by atomic mass is 19.4. The molecule has 144 valence electrons. The first kappa shape index (κ1) is 19.2. The lowest BCUT2D eigenvalue weighted by molar-refractivity contribution is -0.218. The lowest BCUT2D eigenvalue weighted by atomic mass is 9.84. The number of hydrogen-bond donors (Lipinski definition) is 2. The molecule has 2 atom stereocenters. The number of alkyl halides is 3. The monoisotopic (exact) mass is 369 g/mol. The van der Waals surface area contributed by atoms with E-state index in [1.54, 1.807) is 4.90 Å². The van der Waals surface area contributed by atoms with Crippen molar-refractivity contribution in [2.24, 2.45) is 11.3 Å². The molecule has 0 spiro atoms. The molecule has 26 heavy (non-hydrogen) atoms. The van der Waals surface area contributed by atoms with Crippen LogP contribution in [-0.4, -0.2) is 49.7 Å². The molecular weight excluding hydrogens is 343 g/mol. The Hall–Kier alpha value is -1.60. The number of hydrogen-bond acceptors (Lipinski definition) is 3. The van der Waals surface area contributed by atoms with E-state index in [1.165, 1.54) is 0 Å². The van der Waals surface area contributed by atoms with Gasteiger partial charge in [-0.2, -0.15) is 13.2 Å². The van der Waals surface area contributed by atoms with Gasteiger partial charge in [0, 0.05) is 19.6 Å². The van der Waals surface area contributed by atoms with E-state index >= 15 is 0 Å². The van der Waals surface area contributed by atoms with Crippen LogP contribution in [-0.2, 0) is 11.3 Å². The highest BCUT2D eigenvalue weighted by molar-refractivity contribution is 5.84. The van der Waals surface area contributed by atoms with Gasteiger partial charge in [-0.1, -0.05) is 30.3 Å². The van der Waals surface area contributed by atoms with Crippen LogP contribution < -0.4 is 10.6 Å². The first-order chi connectivity index (χ1) is 12.4. The number of rotatable bonds is 5. The number of likely N-dealkylation sites (tertiary alicyclic amines) is 1. The van der Waals surface area contributed by atoms with E-state index in [0.717, 1.165) is 31.5 Å². The maximum absolute atomic E-state index is 13.8. The first-order valence-electron chi connectivity index (χ1n) is 9.23. The van der Waals surface area contributed by atoms with E-state index in [9.17, 15) is 18.0 Å². The zero-order chi connectivity index (χ0) is 18.6. The van der Waals surface area contributed by atoms with Crippen molar-refractivity contribution in [3.63, 3.8) is 0 Å². The summed E-state index contributed by atoms with van der Waals surface area (Å²) in [4.78, 5) is 14.3. The molecule has 2 aliphatic rings. The van der Waals surface area contributed by atoms with Crippen molar-refractivity contribution in [2.75, 3.05) is 32.7 Å². The van der Waals surface area contributed by atoms with E-state index in [1.807, 2.05) is 30.3 Å². The van der Waals surface area contributed by atoms with E-state index < -0.39 is 17.5 Å². The molecule has 2 unspecified atom stereocenters. The van der Waals surface area contributed by atoms with Gasteiger partial charge in [-0.05, 0) is 50.4 Å². The van der Waals surface area contributed by atoms with Crippen LogP contribution in [0, 0.1) is 11.3 Å². The van der Waals surface area contributed by atoms with Gasteiger partial charge in [-0.25, -0.2) is 0 Å². The zero-order valence-electron chi connectivity index (χ0n) is 14.8. The minimum absolute atomic E-state index is 0.182. The average molecular weight is 369 g/mol. The summed E-state index contributed by atoms with van der Waals surface area (Å²) >= 11 is 0. The number of nitrogens with zero attached hydrogens (tertiary/aromatic N) is 1. The molecule has 4 nitrogen and oxygen atoms in total. The highest BCUT2D eigenvalue weighted by Gasteiger charge is 2.62. The van der Waals surface area contributed by atoms with Crippen molar-refractivity contribution in [1.82, 2.24) is 15.5 Å². The maximum atomic E-state index is 13.8. The van der Waals surface area contributed by atoms with E-state index in [4.69, 9.17) is 0 Å². The van der Waals surface area contributed by atoms with Gasteiger partial charge in [0.25, 0.3) is 0 Å². The summed E-state index contributed by atoms with van der Waals surface area (Å²) in [6.07, 6.45) is -2.80. The zero-order valence-corrected chi connectivity index (χ0v) is 14.8. The van der Waals surface area contributed by atoms with Crippen LogP contribution in [0.4, 0.5) is 13.2 Å². The molecule has 2 saturated heterocycles. The van der Waals surface area contributed by atoms with Gasteiger partial charge < -0.3 is 10.6 Å². The van der Waals surface area contributed by atoms with Crippen molar-refractivity contribution >= 4 is 5.91 Å². The third-order valence-electron chi connectivity index (χ3n) is 5.52. The standard InChI is InChI=1S/C19H26F3N3O/c20-19(21,22)18(17(26)24-12-16-7-4-9-23-11-16)8-10-25(14-18)13-15-5-2-1-3-6-15/h1-3,5-6,16,23H,4,7-14H2,(H,24,26). The molecule has 0 bridgehead atoms. The van der Waals surface area contributed by atoms with E-state index in [0.29, 0.717) is 13.1 Å². The normalized spacial score (nSPS) is 27.4. The molecule has 3 rings (SSSR count). The molecule has 2 aliphatic heterocycles. The summed E-state index contributed by atoms with van der Waals surface area (Å²) in [5.41, 5.74) is -1.34. The number of halogens is 3. The molecule has 0 aromatic heterocycles. The SMILES string of the molecule is O=C(NCC1CCCNC1)C1(C(F)(F)F)CCN(Cc2ccccc2)C1. The Morgan fingerprint density at radius 1 is 1.31 bits per heavy atom. The lowest BCUT2D eigenvalue weighted by Crippen LogP contribution is -2.53. The fraction of sp³-hybridized carbons (Fsp3) is 0.632. The number of nitrogens with one attached hydrogen (secondary N) is 2. The maximum Gasteiger partial charge on any atom is 0.404 e. The predicted molar refractivity (Wildman–Crippen MR) is 93.4 cm³/mol. The van der Waals surface area contributed by atoms with Crippen molar-refractivity contribution in [2.45, 2.75) is 32.0 Å². The van der Waals surface area contributed by atoms with Gasteiger partial charge in [0.2, 0.25) is 5.91 Å². The molecule has 0 saturated carbocycles. The van der Waals surface area contributed by atoms with Crippen molar-refractivity contribution < 1.29 is 18.0 Å². The summed E-state index contributed by atoms with van der Waals surface area (Å²) in [6.45, 7) is 2.42. The number of carbonyl (C=O) groups is 1. The largest absolute Gasteiger partial charge is 0.404 e. The van der Waals surface area contributed by atoms with Crippen molar-refractivity contribution in [1.29, 1.82) is 0 Å². The third kappa shape index (κ3) is 4.20. The summed E-state index contributed by atoms with van der Waals surface area (Å²) in [6, 6.07) is 9.40. The summed E-state index contributed by atoms with van der Waals surface area (Å²) < 4.78 is 41.5. The van der Waals surface area contributed by atoms with Crippen LogP contribution in [0.2, 0.25) is 0 Å². The Morgan fingerprint density at radius 3 is 2.73 bits per heavy atom. The molecular formula is C19H26F3N3O. The van der Waals surface area contributed by atoms with Crippen LogP contribution in [0.3, 0.4) is 0 Å². The van der Waals surface area contributed by atoms with Gasteiger partial charge in [0.1, 0.15) is 0 Å². The molecule has 7 heteroatoms. The molecule has 0 radical (unpaired) electrons. The summed E-state index contributed by atoms with van der Waals surface area (Å²) in [7, 11) is 0. The first-order valence-corrected chi connectivity index (χ1v) is 9.23. The summed E-state index contributed by atoms with van der Waals surface area (Å²) in [5, 5.41) is 5.82. The Balaban J connectivity index is 1.64. The number of piperidine rings is 1. The second-order valence-corrected chi connectivity index (χ2v) is 7.45. The highest BCUT2D eigenvalue weighted by Crippen LogP contribution is 2.46. The van der Waals surface area contributed by atoms with Gasteiger partial charge in [-0.15, -0.1) is 0 Å². The molecule has 0 aliphatic carbocycles. The van der Waals surface area contributed by atoms with Crippen molar-refractivity contribution in [3.8, 4) is 0 Å². The van der Waals surface area contributed by atoms with Crippen LogP contribution in [0.15, 0.2) is 30.3 Å². The Bertz CT molecular complexity index is 602. The van der Waals surface area contributed by atoms with Gasteiger partial charge in [-0.3, -0.25) is 9.69 Å². The van der Waals surface area contributed by atoms with Crippen LogP contribution in [0.5, 0.6) is 0 Å². The fourth-order valence-electron chi connectivity index (χ4n) is 3.92. The third-order valence-corrected chi connectivity index (χ3v) is 5.52. The van der Waals surface area contributed by atoms with E-state index in [2.05, 4.69) is 10.6 Å². The second kappa shape index (κ2) is 7.96. The minimum Gasteiger partial charge on any atom is -0.355 e. The van der Waals surface area contributed by atoms with E-state index in [-0.39, 0.29) is 25.4 Å². The summed E-state index contributed by atoms with van der Waals surface area (Å²) in [5.74, 6) is -0.661. The molecule has 1 aromatic carbocycles. The lowest BCUT2D eigenvalue weighted by Gasteiger charge is -2.32. The Kier molecular flexibility index (Phi) is 5.87. The van der Waals surface area contributed by atoms with Gasteiger partial charge in [0.15, 0.2) is 5.41 Å². The van der Waals surface area contributed by atoms with Crippen LogP contribution >= 0.6 is 0 Å². The quantitative estimate of drug-likeness (QED) is 0.839. The van der Waals surface area contributed by atoms with Gasteiger partial charge in [0.05, 0.1) is 0 Å². The molecule has 2 heterocycles. The molecule has 1 amide bonds. The van der Waals surface area contributed by atoms with Gasteiger partial charge >= 0.3 is 6.18 Å². The number of benzene rings is 1. The predicted octanol–water partition coefficient (Wildman–Crippen LogP) is 2.56. The second-order valence-electron chi connectivity index (χ2n) is 7.45. The van der Waals surface area contributed by atoms with Crippen LogP contribution in [0.1, 0.15) is 24.8 Å². The molecule has 1 aromatic rings. The molecule has 2 N–H and O–H groups in total. The smallest absolute Gasteiger partial charge is 0.355 e. The topological polar surface area (TPSA) is 44.4 Å². The average Bonchev–Trinajstić information content (AvgIpc) is 3.07. The number of carbonyl (C=O) groups excluding carboxylic acids is 1. The Labute approximate surface area is 152 Å². The van der Waals surface area contributed by atoms with Crippen LogP contribution in [0.25, 0.3) is 0 Å². The fourth-order valence-corrected chi connectivity index (χ4v) is 3.92. The minimum atomic E-state index is -4.55. The molecule has 2 fully saturated rings. The van der Waals surface area contributed by atoms with Crippen molar-refractivity contribution in [3.05, 3.63) is 35.9 Å². The number of amides is 1.